The Morgan fingerprint density at radius 1 is 1.48 bits per heavy atom. The second-order valence-corrected chi connectivity index (χ2v) is 4.91. The van der Waals surface area contributed by atoms with Gasteiger partial charge >= 0.3 is 5.97 Å². The van der Waals surface area contributed by atoms with E-state index >= 15 is 0 Å². The standard InChI is InChI=1S/C14H23N3O4/c1-9-13(19)11(10(8-18)6-16-9)7-17-12(14(20)21)4-2-3-5-15/h6,12,17-19H,2-5,7-8,15H2,1H3,(H,20,21)/t12-/m0/s1. The number of carbonyl (C=O) groups is 1. The fourth-order valence-corrected chi connectivity index (χ4v) is 2.05. The molecule has 0 fully saturated rings. The highest BCUT2D eigenvalue weighted by molar-refractivity contribution is 5.73. The molecule has 1 heterocycles. The van der Waals surface area contributed by atoms with Gasteiger partial charge in [-0.1, -0.05) is 6.42 Å². The number of carboxylic acids is 1. The van der Waals surface area contributed by atoms with Crippen LogP contribution in [0.4, 0.5) is 0 Å². The molecule has 21 heavy (non-hydrogen) atoms. The summed E-state index contributed by atoms with van der Waals surface area (Å²) in [7, 11) is 0. The van der Waals surface area contributed by atoms with Crippen molar-refractivity contribution in [3.8, 4) is 5.75 Å². The molecule has 0 saturated carbocycles. The molecule has 1 aromatic rings. The van der Waals surface area contributed by atoms with E-state index in [1.54, 1.807) is 6.92 Å². The molecule has 0 unspecified atom stereocenters. The number of carboxylic acid groups (broad SMARTS) is 1. The fourth-order valence-electron chi connectivity index (χ4n) is 2.05. The zero-order valence-corrected chi connectivity index (χ0v) is 12.2. The number of nitrogens with zero attached hydrogens (tertiary/aromatic N) is 1. The first-order chi connectivity index (χ1) is 10.0. The molecule has 1 atom stereocenters. The van der Waals surface area contributed by atoms with Gasteiger partial charge in [0.25, 0.3) is 0 Å². The van der Waals surface area contributed by atoms with Crippen LogP contribution in [-0.4, -0.2) is 38.9 Å². The molecule has 0 aliphatic carbocycles. The van der Waals surface area contributed by atoms with Crippen molar-refractivity contribution in [3.05, 3.63) is 23.0 Å². The number of hydrogen-bond acceptors (Lipinski definition) is 6. The van der Waals surface area contributed by atoms with Crippen molar-refractivity contribution in [1.82, 2.24) is 10.3 Å². The Morgan fingerprint density at radius 3 is 2.76 bits per heavy atom. The van der Waals surface area contributed by atoms with Crippen LogP contribution in [0.5, 0.6) is 5.75 Å². The van der Waals surface area contributed by atoms with E-state index in [0.29, 0.717) is 36.2 Å². The molecule has 0 amide bonds. The summed E-state index contributed by atoms with van der Waals surface area (Å²) < 4.78 is 0. The van der Waals surface area contributed by atoms with Gasteiger partial charge in [0.2, 0.25) is 0 Å². The number of aliphatic hydroxyl groups is 1. The molecule has 1 rings (SSSR count). The van der Waals surface area contributed by atoms with Crippen molar-refractivity contribution in [2.24, 2.45) is 5.73 Å². The molecule has 118 valence electrons. The van der Waals surface area contributed by atoms with Gasteiger partial charge in [-0.3, -0.25) is 9.78 Å². The average molecular weight is 297 g/mol. The van der Waals surface area contributed by atoms with Crippen molar-refractivity contribution in [3.63, 3.8) is 0 Å². The number of aromatic nitrogens is 1. The maximum absolute atomic E-state index is 11.2. The Hall–Kier alpha value is -1.70. The van der Waals surface area contributed by atoms with Crippen molar-refractivity contribution >= 4 is 5.97 Å². The van der Waals surface area contributed by atoms with Gasteiger partial charge in [0.1, 0.15) is 11.8 Å². The smallest absolute Gasteiger partial charge is 0.320 e. The Bertz CT molecular complexity index is 480. The zero-order valence-electron chi connectivity index (χ0n) is 12.2. The number of aliphatic carboxylic acids is 1. The third-order valence-corrected chi connectivity index (χ3v) is 3.37. The van der Waals surface area contributed by atoms with Crippen LogP contribution < -0.4 is 11.1 Å². The molecule has 7 nitrogen and oxygen atoms in total. The number of nitrogens with one attached hydrogen (secondary N) is 1. The summed E-state index contributed by atoms with van der Waals surface area (Å²) in [4.78, 5) is 15.2. The van der Waals surface area contributed by atoms with E-state index in [1.165, 1.54) is 6.20 Å². The monoisotopic (exact) mass is 297 g/mol. The minimum absolute atomic E-state index is 0.0138. The fraction of sp³-hybridized carbons (Fsp3) is 0.571. The largest absolute Gasteiger partial charge is 0.506 e. The number of rotatable bonds is 9. The number of aliphatic hydroxyl groups excluding tert-OH is 1. The molecular weight excluding hydrogens is 274 g/mol. The Balaban J connectivity index is 2.75. The number of nitrogens with two attached hydrogens (primary N) is 1. The second-order valence-electron chi connectivity index (χ2n) is 4.91. The molecule has 6 N–H and O–H groups in total. The van der Waals surface area contributed by atoms with E-state index in [0.717, 1.165) is 6.42 Å². The van der Waals surface area contributed by atoms with Gasteiger partial charge in [0.15, 0.2) is 0 Å². The van der Waals surface area contributed by atoms with Gasteiger partial charge in [-0.05, 0) is 26.3 Å². The van der Waals surface area contributed by atoms with E-state index in [9.17, 15) is 20.1 Å². The van der Waals surface area contributed by atoms with Crippen LogP contribution in [-0.2, 0) is 17.9 Å². The minimum Gasteiger partial charge on any atom is -0.506 e. The summed E-state index contributed by atoms with van der Waals surface area (Å²) in [6.07, 6.45) is 3.43. The van der Waals surface area contributed by atoms with Gasteiger partial charge < -0.3 is 26.4 Å². The summed E-state index contributed by atoms with van der Waals surface area (Å²) in [6, 6.07) is -0.712. The number of aromatic hydroxyl groups is 1. The lowest BCUT2D eigenvalue weighted by molar-refractivity contribution is -0.139. The first-order valence-electron chi connectivity index (χ1n) is 6.94. The maximum atomic E-state index is 11.2. The van der Waals surface area contributed by atoms with Gasteiger partial charge in [-0.15, -0.1) is 0 Å². The number of hydrogen-bond donors (Lipinski definition) is 5. The highest BCUT2D eigenvalue weighted by atomic mass is 16.4. The molecule has 1 aromatic heterocycles. The number of aryl methyl sites for hydroxylation is 1. The maximum Gasteiger partial charge on any atom is 0.320 e. The van der Waals surface area contributed by atoms with E-state index in [2.05, 4.69) is 10.3 Å². The van der Waals surface area contributed by atoms with Crippen LogP contribution in [0.15, 0.2) is 6.20 Å². The van der Waals surface area contributed by atoms with Crippen molar-refractivity contribution in [1.29, 1.82) is 0 Å². The lowest BCUT2D eigenvalue weighted by Gasteiger charge is -2.17. The highest BCUT2D eigenvalue weighted by Crippen LogP contribution is 2.23. The molecule has 0 aliphatic heterocycles. The van der Waals surface area contributed by atoms with Crippen molar-refractivity contribution in [2.45, 2.75) is 45.4 Å². The molecule has 0 saturated heterocycles. The van der Waals surface area contributed by atoms with Gasteiger partial charge in [-0.2, -0.15) is 0 Å². The van der Waals surface area contributed by atoms with Crippen LogP contribution in [0.3, 0.4) is 0 Å². The van der Waals surface area contributed by atoms with E-state index in [4.69, 9.17) is 5.73 Å². The first-order valence-corrected chi connectivity index (χ1v) is 6.94. The van der Waals surface area contributed by atoms with Gasteiger partial charge in [-0.25, -0.2) is 0 Å². The van der Waals surface area contributed by atoms with Crippen molar-refractivity contribution in [2.75, 3.05) is 6.54 Å². The van der Waals surface area contributed by atoms with E-state index in [1.807, 2.05) is 0 Å². The van der Waals surface area contributed by atoms with Crippen LogP contribution in [0.1, 0.15) is 36.1 Å². The topological polar surface area (TPSA) is 129 Å². The summed E-state index contributed by atoms with van der Waals surface area (Å²) in [5, 5.41) is 31.4. The summed E-state index contributed by atoms with van der Waals surface area (Å²) in [5.74, 6) is -0.956. The van der Waals surface area contributed by atoms with Crippen molar-refractivity contribution < 1.29 is 20.1 Å². The SMILES string of the molecule is Cc1ncc(CO)c(CN[C@@H](CCCCN)C(=O)O)c1O. The molecule has 7 heteroatoms. The molecule has 0 radical (unpaired) electrons. The number of pyridine rings is 1. The second kappa shape index (κ2) is 8.56. The highest BCUT2D eigenvalue weighted by Gasteiger charge is 2.18. The molecule has 0 bridgehead atoms. The Labute approximate surface area is 123 Å². The predicted molar refractivity (Wildman–Crippen MR) is 77.7 cm³/mol. The van der Waals surface area contributed by atoms with Crippen LogP contribution >= 0.6 is 0 Å². The number of unbranched alkanes of at least 4 members (excludes halogenated alkanes) is 1. The van der Waals surface area contributed by atoms with Crippen LogP contribution in [0.2, 0.25) is 0 Å². The summed E-state index contributed by atoms with van der Waals surface area (Å²) >= 11 is 0. The minimum atomic E-state index is -0.942. The normalized spacial score (nSPS) is 12.3. The Morgan fingerprint density at radius 2 is 2.19 bits per heavy atom. The third kappa shape index (κ3) is 4.96. The third-order valence-electron chi connectivity index (χ3n) is 3.37. The summed E-state index contributed by atoms with van der Waals surface area (Å²) in [6.45, 7) is 2.08. The van der Waals surface area contributed by atoms with Gasteiger partial charge in [0.05, 0.1) is 12.3 Å². The lowest BCUT2D eigenvalue weighted by atomic mass is 10.1. The van der Waals surface area contributed by atoms with E-state index in [-0.39, 0.29) is 18.9 Å². The molecule has 0 spiro atoms. The quantitative estimate of drug-likeness (QED) is 0.413. The summed E-state index contributed by atoms with van der Waals surface area (Å²) in [5.41, 5.74) is 6.80. The van der Waals surface area contributed by atoms with Crippen LogP contribution in [0, 0.1) is 6.92 Å². The average Bonchev–Trinajstić information content (AvgIpc) is 2.46. The first kappa shape index (κ1) is 17.4. The van der Waals surface area contributed by atoms with E-state index < -0.39 is 12.0 Å². The molecule has 0 aliphatic rings. The Kier molecular flexibility index (Phi) is 7.07. The van der Waals surface area contributed by atoms with Gasteiger partial charge in [0, 0.05) is 23.9 Å². The lowest BCUT2D eigenvalue weighted by Crippen LogP contribution is -2.36. The zero-order chi connectivity index (χ0) is 15.8. The molecular formula is C14H23N3O4. The van der Waals surface area contributed by atoms with Crippen LogP contribution in [0.25, 0.3) is 0 Å². The molecule has 0 aromatic carbocycles. The predicted octanol–water partition coefficient (Wildman–Crippen LogP) is 0.260.